The number of methoxy groups -OCH3 is 2. The van der Waals surface area contributed by atoms with Crippen LogP contribution in [0, 0.1) is 0 Å². The molecule has 2 heterocycles. The fraction of sp³-hybridized carbons (Fsp3) is 0.362. The van der Waals surface area contributed by atoms with Crippen LogP contribution in [0.2, 0.25) is 0 Å². The van der Waals surface area contributed by atoms with Crippen molar-refractivity contribution in [2.45, 2.75) is 165 Å². The second-order valence-corrected chi connectivity index (χ2v) is 30.1. The maximum absolute atomic E-state index is 15.4. The molecule has 12 rings (SSSR count). The Morgan fingerprint density at radius 1 is 0.359 bits per heavy atom. The number of rotatable bonds is 51. The van der Waals surface area contributed by atoms with E-state index in [2.05, 4.69) is 30.3 Å². The standard InChI is InChI=1S/C94H105O22P/c1-68(95)48-51-86(96)115-89-84(63-101-53-69-30-12-4-13-31-69)113-93(91(89)99-2)110-66-82(106-58-73-38-20-8-21-39-73)88(109-61-76-44-26-11-27-45-76)83(107-59-74-40-22-9-23-41-74)67-112-117(97,98)116-90-85(64-102-54-70-32-14-5-15-33-70)114-94(92(90)100-3)111-65-81(105-57-72-36-18-7-19-37-72)87(108-60-75-42-24-10-25-43-75)80(104-56-71-34-16-6-17-35-71)62-103-55-77-49-50-78-46-28-29-47-79(78)52-77/h4-47,49-50,52,80-85,87-94H,48,51,53-67H2,1-3H3,(H,97,98)/t80?,81?,82?,83?,84-,85-,87?,88?,89?,90?,91?,92?,93-,94-/m1/s1. The van der Waals surface area contributed by atoms with Crippen molar-refractivity contribution >= 4 is 30.3 Å². The molecule has 0 aromatic heterocycles. The number of benzene rings is 10. The maximum atomic E-state index is 15.4. The zero-order valence-corrected chi connectivity index (χ0v) is 67.1. The number of ether oxygens (including phenoxy) is 16. The molecular weight excluding hydrogens is 1510 g/mol. The van der Waals surface area contributed by atoms with E-state index in [-0.39, 0.29) is 111 Å². The van der Waals surface area contributed by atoms with Gasteiger partial charge < -0.3 is 85.5 Å². The molecule has 15 atom stereocenters. The highest BCUT2D eigenvalue weighted by Gasteiger charge is 2.52. The van der Waals surface area contributed by atoms with Crippen LogP contribution in [0.15, 0.2) is 285 Å². The molecule has 0 aliphatic carbocycles. The maximum Gasteiger partial charge on any atom is 0.472 e. The summed E-state index contributed by atoms with van der Waals surface area (Å²) in [6.07, 6.45) is -15.6. The van der Waals surface area contributed by atoms with Crippen LogP contribution in [0.4, 0.5) is 0 Å². The summed E-state index contributed by atoms with van der Waals surface area (Å²) in [5.74, 6) is -0.813. The van der Waals surface area contributed by atoms with Crippen molar-refractivity contribution in [3.05, 3.63) is 335 Å². The monoisotopic (exact) mass is 1620 g/mol. The van der Waals surface area contributed by atoms with Crippen molar-refractivity contribution in [3.8, 4) is 0 Å². The van der Waals surface area contributed by atoms with Gasteiger partial charge in [0.25, 0.3) is 0 Å². The summed E-state index contributed by atoms with van der Waals surface area (Å²) in [7, 11) is -2.42. The van der Waals surface area contributed by atoms with Gasteiger partial charge in [0.05, 0.1) is 106 Å². The van der Waals surface area contributed by atoms with E-state index in [1.807, 2.05) is 255 Å². The SMILES string of the molecule is COC1C(OC(=O)CCC(C)=O)[C@@H](COCc2ccccc2)O[C@H]1OCC(OCc1ccccc1)C(OCc1ccccc1)C(COP(=O)(O)OC1C(OC)[C@H](OCC(OCc2ccccc2)C(OCc2ccccc2)C(COCc2ccc3ccccc3c2)OCc2ccccc2)O[C@@H]1COCc1ccccc1)OCc1ccccc1. The van der Waals surface area contributed by atoms with Gasteiger partial charge in [0.1, 0.15) is 72.9 Å². The van der Waals surface area contributed by atoms with Gasteiger partial charge in [-0.2, -0.15) is 0 Å². The van der Waals surface area contributed by atoms with E-state index in [1.54, 1.807) is 0 Å². The fourth-order valence-electron chi connectivity index (χ4n) is 13.8. The third kappa shape index (κ3) is 28.1. The number of carbonyl (C=O) groups excluding carboxylic acids is 2. The Morgan fingerprint density at radius 2 is 0.692 bits per heavy atom. The normalized spacial score (nSPS) is 20.1. The molecule has 0 bridgehead atoms. The van der Waals surface area contributed by atoms with E-state index in [1.165, 1.54) is 21.1 Å². The van der Waals surface area contributed by atoms with E-state index >= 15 is 4.57 Å². The summed E-state index contributed by atoms with van der Waals surface area (Å²) in [5, 5.41) is 2.20. The molecule has 2 fully saturated rings. The number of fused-ring (bicyclic) bond motifs is 1. The van der Waals surface area contributed by atoms with Crippen molar-refractivity contribution in [2.24, 2.45) is 0 Å². The Hall–Kier alpha value is -8.89. The Morgan fingerprint density at radius 3 is 1.09 bits per heavy atom. The Labute approximate surface area is 684 Å². The summed E-state index contributed by atoms with van der Waals surface area (Å²) in [6, 6.07) is 91.3. The van der Waals surface area contributed by atoms with Crippen LogP contribution in [-0.2, 0) is 158 Å². The van der Waals surface area contributed by atoms with Gasteiger partial charge in [-0.25, -0.2) is 4.57 Å². The van der Waals surface area contributed by atoms with E-state index in [0.29, 0.717) is 0 Å². The van der Waals surface area contributed by atoms with Crippen LogP contribution in [0.25, 0.3) is 10.8 Å². The Balaban J connectivity index is 0.837. The second kappa shape index (κ2) is 47.0. The third-order valence-electron chi connectivity index (χ3n) is 20.0. The van der Waals surface area contributed by atoms with Crippen molar-refractivity contribution in [1.29, 1.82) is 0 Å². The summed E-state index contributed by atoms with van der Waals surface area (Å²) in [6.45, 7) is 1.26. The van der Waals surface area contributed by atoms with Crippen LogP contribution >= 0.6 is 7.82 Å². The highest BCUT2D eigenvalue weighted by Crippen LogP contribution is 2.49. The molecule has 0 saturated carbocycles. The van der Waals surface area contributed by atoms with Crippen LogP contribution in [-0.4, -0.2) is 156 Å². The molecule has 10 aromatic rings. The highest BCUT2D eigenvalue weighted by atomic mass is 31.2. The lowest BCUT2D eigenvalue weighted by Crippen LogP contribution is -2.48. The first-order valence-corrected chi connectivity index (χ1v) is 41.0. The number of Topliss-reactive ketones (excluding diaryl/α,β-unsaturated/α-hetero) is 1. The predicted molar refractivity (Wildman–Crippen MR) is 437 cm³/mol. The molecule has 2 aliphatic heterocycles. The lowest BCUT2D eigenvalue weighted by Gasteiger charge is -2.35. The quantitative estimate of drug-likeness (QED) is 0.0275. The zero-order valence-electron chi connectivity index (χ0n) is 66.2. The molecule has 23 heteroatoms. The second-order valence-electron chi connectivity index (χ2n) is 28.7. The smallest absolute Gasteiger partial charge is 0.456 e. The lowest BCUT2D eigenvalue weighted by atomic mass is 10.1. The highest BCUT2D eigenvalue weighted by molar-refractivity contribution is 7.47. The Bertz CT molecular complexity index is 4510. The van der Waals surface area contributed by atoms with E-state index in [0.717, 1.165) is 60.8 Å². The zero-order chi connectivity index (χ0) is 81.1. The predicted octanol–water partition coefficient (Wildman–Crippen LogP) is 15.6. The van der Waals surface area contributed by atoms with Gasteiger partial charge in [-0.05, 0) is 73.8 Å². The van der Waals surface area contributed by atoms with Crippen molar-refractivity contribution in [1.82, 2.24) is 0 Å². The number of ketones is 1. The lowest BCUT2D eigenvalue weighted by molar-refractivity contribution is -0.221. The molecule has 618 valence electrons. The molecule has 2 aliphatic rings. The molecule has 0 radical (unpaired) electrons. The summed E-state index contributed by atoms with van der Waals surface area (Å²) in [5.41, 5.74) is 7.79. The molecule has 1 N–H and O–H groups in total. The van der Waals surface area contributed by atoms with Crippen molar-refractivity contribution in [2.75, 3.05) is 53.9 Å². The van der Waals surface area contributed by atoms with Gasteiger partial charge in [0.15, 0.2) is 18.7 Å². The van der Waals surface area contributed by atoms with Crippen molar-refractivity contribution in [3.63, 3.8) is 0 Å². The van der Waals surface area contributed by atoms with E-state index in [9.17, 15) is 14.5 Å². The van der Waals surface area contributed by atoms with Gasteiger partial charge in [0, 0.05) is 20.6 Å². The molecule has 0 amide bonds. The topological polar surface area (TPSA) is 238 Å². The fourth-order valence-corrected chi connectivity index (χ4v) is 14.7. The number of esters is 1. The largest absolute Gasteiger partial charge is 0.472 e. The van der Waals surface area contributed by atoms with Crippen LogP contribution in [0.5, 0.6) is 0 Å². The van der Waals surface area contributed by atoms with Gasteiger partial charge in [0.2, 0.25) is 0 Å². The van der Waals surface area contributed by atoms with E-state index < -0.39 is 106 Å². The Kier molecular flexibility index (Phi) is 35.2. The molecule has 0 spiro atoms. The number of phosphoric acid groups is 1. The van der Waals surface area contributed by atoms with Gasteiger partial charge in [-0.1, -0.05) is 279 Å². The molecule has 10 aromatic carbocycles. The third-order valence-corrected chi connectivity index (χ3v) is 20.9. The first-order chi connectivity index (χ1) is 57.4. The van der Waals surface area contributed by atoms with Crippen molar-refractivity contribution < 1.29 is 104 Å². The number of hydrogen-bond acceptors (Lipinski definition) is 21. The van der Waals surface area contributed by atoms with Gasteiger partial charge >= 0.3 is 13.8 Å². The van der Waals surface area contributed by atoms with Crippen LogP contribution < -0.4 is 0 Å². The molecule has 117 heavy (non-hydrogen) atoms. The number of phosphoric ester groups is 1. The van der Waals surface area contributed by atoms with Gasteiger partial charge in [-0.3, -0.25) is 13.8 Å². The summed E-state index contributed by atoms with van der Waals surface area (Å²) in [4.78, 5) is 38.1. The molecule has 11 unspecified atom stereocenters. The number of hydrogen-bond donors (Lipinski definition) is 1. The molecule has 22 nitrogen and oxygen atoms in total. The first kappa shape index (κ1) is 87.4. The minimum atomic E-state index is -5.31. The summed E-state index contributed by atoms with van der Waals surface area (Å²) < 4.78 is 135. The minimum Gasteiger partial charge on any atom is -0.456 e. The van der Waals surface area contributed by atoms with Crippen LogP contribution in [0.3, 0.4) is 0 Å². The molecule has 2 saturated heterocycles. The first-order valence-electron chi connectivity index (χ1n) is 39.6. The molecular formula is C94H105O22P. The number of carbonyl (C=O) groups is 2. The average Bonchev–Trinajstić information content (AvgIpc) is 1.68. The van der Waals surface area contributed by atoms with Crippen LogP contribution in [0.1, 0.15) is 69.8 Å². The van der Waals surface area contributed by atoms with Gasteiger partial charge in [-0.15, -0.1) is 0 Å². The average molecular weight is 1620 g/mol. The summed E-state index contributed by atoms with van der Waals surface area (Å²) >= 11 is 0. The van der Waals surface area contributed by atoms with E-state index in [4.69, 9.17) is 84.8 Å². The minimum absolute atomic E-state index is 0.00478.